The minimum Gasteiger partial charge on any atom is -0.322 e. The van der Waals surface area contributed by atoms with Crippen molar-refractivity contribution in [2.45, 2.75) is 6.04 Å². The Labute approximate surface area is 158 Å². The van der Waals surface area contributed by atoms with E-state index in [9.17, 15) is 9.59 Å². The zero-order valence-electron chi connectivity index (χ0n) is 14.6. The molecule has 4 nitrogen and oxygen atoms in total. The van der Waals surface area contributed by atoms with Gasteiger partial charge in [-0.2, -0.15) is 0 Å². The summed E-state index contributed by atoms with van der Waals surface area (Å²) in [7, 11) is 0. The lowest BCUT2D eigenvalue weighted by atomic mass is 10.3. The summed E-state index contributed by atoms with van der Waals surface area (Å²) in [4.78, 5) is 24.1. The number of imide groups is 1. The van der Waals surface area contributed by atoms with E-state index in [-0.39, 0.29) is 5.91 Å². The molecule has 1 saturated heterocycles. The van der Waals surface area contributed by atoms with Gasteiger partial charge in [0.2, 0.25) is 0 Å². The van der Waals surface area contributed by atoms with Crippen LogP contribution in [0.4, 0.5) is 4.79 Å². The molecule has 3 aromatic rings. The van der Waals surface area contributed by atoms with Crippen LogP contribution in [0.5, 0.6) is 0 Å². The third-order valence-corrected chi connectivity index (χ3v) is 8.75. The van der Waals surface area contributed by atoms with E-state index in [1.54, 1.807) is 0 Å². The Hall–Kier alpha value is -3.10. The summed E-state index contributed by atoms with van der Waals surface area (Å²) in [6, 6.07) is 29.5. The third-order valence-electron chi connectivity index (χ3n) is 4.67. The normalized spacial score (nSPS) is 16.5. The van der Waals surface area contributed by atoms with Gasteiger partial charge in [0.1, 0.15) is 6.04 Å². The summed E-state index contributed by atoms with van der Waals surface area (Å²) in [6.07, 6.45) is 0. The van der Waals surface area contributed by atoms with Crippen LogP contribution in [0.2, 0.25) is 0 Å². The molecule has 3 aromatic carbocycles. The van der Waals surface area contributed by atoms with Crippen molar-refractivity contribution in [3.63, 3.8) is 0 Å². The van der Waals surface area contributed by atoms with E-state index in [0.717, 1.165) is 15.9 Å². The molecule has 1 heterocycles. The summed E-state index contributed by atoms with van der Waals surface area (Å²) in [5.74, 6) is 1.72. The highest BCUT2D eigenvalue weighted by Crippen LogP contribution is 2.44. The predicted molar refractivity (Wildman–Crippen MR) is 112 cm³/mol. The van der Waals surface area contributed by atoms with Crippen LogP contribution in [0.15, 0.2) is 91.0 Å². The average Bonchev–Trinajstić information content (AvgIpc) is 3.04. The van der Waals surface area contributed by atoms with Gasteiger partial charge in [-0.3, -0.25) is 10.1 Å². The number of benzene rings is 3. The molecule has 1 aliphatic rings. The molecule has 0 saturated carbocycles. The van der Waals surface area contributed by atoms with Crippen molar-refractivity contribution < 1.29 is 9.59 Å². The van der Waals surface area contributed by atoms with Gasteiger partial charge in [-0.05, 0) is 28.6 Å². The Bertz CT molecular complexity index is 915. The molecule has 0 bridgehead atoms. The molecule has 1 atom stereocenters. The highest BCUT2D eigenvalue weighted by Gasteiger charge is 2.33. The van der Waals surface area contributed by atoms with E-state index >= 15 is 0 Å². The van der Waals surface area contributed by atoms with Gasteiger partial charge in [0.25, 0.3) is 5.91 Å². The highest BCUT2D eigenvalue weighted by molar-refractivity contribution is 7.94. The first-order chi connectivity index (χ1) is 13.2. The Morgan fingerprint density at radius 1 is 0.667 bits per heavy atom. The molecule has 0 aromatic heterocycles. The van der Waals surface area contributed by atoms with E-state index in [1.165, 1.54) is 0 Å². The lowest BCUT2D eigenvalue weighted by Gasteiger charge is -2.29. The molecule has 0 aliphatic carbocycles. The van der Waals surface area contributed by atoms with Crippen molar-refractivity contribution in [3.8, 4) is 0 Å². The second-order valence-corrected chi connectivity index (χ2v) is 9.61. The Balaban J connectivity index is 2.07. The molecule has 1 fully saturated rings. The van der Waals surface area contributed by atoms with Crippen LogP contribution in [-0.2, 0) is 4.79 Å². The fourth-order valence-corrected chi connectivity index (χ4v) is 7.45. The predicted octanol–water partition coefficient (Wildman–Crippen LogP) is 1.99. The number of urea groups is 1. The van der Waals surface area contributed by atoms with Gasteiger partial charge in [-0.25, -0.2) is 4.79 Å². The van der Waals surface area contributed by atoms with E-state index < -0.39 is 19.0 Å². The van der Waals surface area contributed by atoms with Crippen LogP contribution >= 0.6 is 6.89 Å². The standard InChI is InChI=1S/C22H19N2O2P/c25-21-20(23-22(26)24-21)16-27(17-10-4-1-5-11-17,18-12-6-2-7-13-18)19-14-8-3-9-15-19/h1-16,20H,(H2,23,24,25,26). The zero-order valence-corrected chi connectivity index (χ0v) is 15.5. The summed E-state index contributed by atoms with van der Waals surface area (Å²) in [5, 5.41) is 8.49. The lowest BCUT2D eigenvalue weighted by Crippen LogP contribution is -2.36. The smallest absolute Gasteiger partial charge is 0.322 e. The molecule has 134 valence electrons. The van der Waals surface area contributed by atoms with E-state index in [4.69, 9.17) is 0 Å². The largest absolute Gasteiger partial charge is 0.322 e. The van der Waals surface area contributed by atoms with Crippen molar-refractivity contribution in [1.29, 1.82) is 0 Å². The van der Waals surface area contributed by atoms with Crippen LogP contribution in [0.25, 0.3) is 0 Å². The zero-order chi connectivity index (χ0) is 18.7. The number of amides is 3. The van der Waals surface area contributed by atoms with Gasteiger partial charge in [0.05, 0.1) is 0 Å². The summed E-state index contributed by atoms with van der Waals surface area (Å²) in [6.45, 7) is -2.27. The fourth-order valence-electron chi connectivity index (χ4n) is 3.46. The van der Waals surface area contributed by atoms with Gasteiger partial charge in [-0.1, -0.05) is 91.0 Å². The summed E-state index contributed by atoms with van der Waals surface area (Å²) < 4.78 is 0. The molecule has 27 heavy (non-hydrogen) atoms. The minimum absolute atomic E-state index is 0.313. The Morgan fingerprint density at radius 2 is 1.07 bits per heavy atom. The summed E-state index contributed by atoms with van der Waals surface area (Å²) in [5.41, 5.74) is 0. The SMILES string of the molecule is O=C1NC(=O)C(C=P(c2ccccc2)(c2ccccc2)c2ccccc2)N1. The number of nitrogens with one attached hydrogen (secondary N) is 2. The minimum atomic E-state index is -2.27. The van der Waals surface area contributed by atoms with E-state index in [1.807, 2.05) is 60.4 Å². The fraction of sp³-hybridized carbons (Fsp3) is 0.0455. The van der Waals surface area contributed by atoms with Crippen LogP contribution < -0.4 is 26.5 Å². The average molecular weight is 374 g/mol. The maximum Gasteiger partial charge on any atom is 0.322 e. The van der Waals surface area contributed by atoms with E-state index in [0.29, 0.717) is 0 Å². The first-order valence-electron chi connectivity index (χ1n) is 8.73. The van der Waals surface area contributed by atoms with Gasteiger partial charge in [0.15, 0.2) is 0 Å². The first kappa shape index (κ1) is 17.3. The van der Waals surface area contributed by atoms with Crippen molar-refractivity contribution >= 4 is 40.5 Å². The second-order valence-electron chi connectivity index (χ2n) is 6.32. The topological polar surface area (TPSA) is 58.2 Å². The van der Waals surface area contributed by atoms with Crippen molar-refractivity contribution in [2.75, 3.05) is 0 Å². The molecular formula is C22H19N2O2P. The maximum absolute atomic E-state index is 12.3. The number of rotatable bonds is 4. The summed E-state index contributed by atoms with van der Waals surface area (Å²) >= 11 is 0. The van der Waals surface area contributed by atoms with Crippen molar-refractivity contribution in [1.82, 2.24) is 10.6 Å². The number of hydrogen-bond acceptors (Lipinski definition) is 2. The van der Waals surface area contributed by atoms with Gasteiger partial charge < -0.3 is 5.32 Å². The third kappa shape index (κ3) is 3.20. The quantitative estimate of drug-likeness (QED) is 0.542. The number of carbonyl (C=O) groups excluding carboxylic acids is 2. The van der Waals surface area contributed by atoms with Crippen molar-refractivity contribution in [3.05, 3.63) is 91.0 Å². The Kier molecular flexibility index (Phi) is 4.66. The molecule has 3 amide bonds. The molecule has 5 heteroatoms. The highest BCUT2D eigenvalue weighted by atomic mass is 31.2. The Morgan fingerprint density at radius 3 is 1.41 bits per heavy atom. The van der Waals surface area contributed by atoms with Crippen LogP contribution in [-0.4, -0.2) is 23.8 Å². The molecular weight excluding hydrogens is 355 g/mol. The van der Waals surface area contributed by atoms with Crippen LogP contribution in [0, 0.1) is 0 Å². The van der Waals surface area contributed by atoms with Gasteiger partial charge >= 0.3 is 6.03 Å². The maximum atomic E-state index is 12.3. The van der Waals surface area contributed by atoms with Crippen LogP contribution in [0.3, 0.4) is 0 Å². The van der Waals surface area contributed by atoms with Crippen LogP contribution in [0.1, 0.15) is 0 Å². The molecule has 4 rings (SSSR count). The molecule has 2 N–H and O–H groups in total. The van der Waals surface area contributed by atoms with Gasteiger partial charge in [-0.15, -0.1) is 0 Å². The number of carbonyl (C=O) groups is 2. The van der Waals surface area contributed by atoms with Crippen molar-refractivity contribution in [2.24, 2.45) is 0 Å². The van der Waals surface area contributed by atoms with Gasteiger partial charge in [0, 0.05) is 0 Å². The molecule has 1 unspecified atom stereocenters. The molecule has 0 radical (unpaired) electrons. The molecule has 0 spiro atoms. The second kappa shape index (κ2) is 7.26. The first-order valence-corrected chi connectivity index (χ1v) is 10.6. The molecule has 1 aliphatic heterocycles. The van der Waals surface area contributed by atoms with E-state index in [2.05, 4.69) is 47.0 Å². The monoisotopic (exact) mass is 374 g/mol. The lowest BCUT2D eigenvalue weighted by molar-refractivity contribution is -0.118. The number of hydrogen-bond donors (Lipinski definition) is 2.